The lowest BCUT2D eigenvalue weighted by atomic mass is 10.8. The minimum absolute atomic E-state index is 0.333. The summed E-state index contributed by atoms with van der Waals surface area (Å²) in [5, 5.41) is 10.9. The first-order valence-electron chi connectivity index (χ1n) is 1.80. The summed E-state index contributed by atoms with van der Waals surface area (Å²) in [6.07, 6.45) is 1.62. The van der Waals surface area contributed by atoms with E-state index in [0.717, 1.165) is 5.06 Å². The molecule has 0 fully saturated rings. The van der Waals surface area contributed by atoms with Crippen molar-refractivity contribution in [1.29, 1.82) is 0 Å². The number of aliphatic imine (C=N–C) groups is 1. The molecule has 1 radical (unpaired) electrons. The zero-order valence-electron chi connectivity index (χ0n) is 3.29. The summed E-state index contributed by atoms with van der Waals surface area (Å²) in [4.78, 5) is 3.65. The van der Waals surface area contributed by atoms with Crippen molar-refractivity contribution in [1.82, 2.24) is 5.06 Å². The molecule has 6 heavy (non-hydrogen) atoms. The van der Waals surface area contributed by atoms with Crippen LogP contribution < -0.4 is 0 Å². The van der Waals surface area contributed by atoms with Gasteiger partial charge in [0.2, 0.25) is 0 Å². The van der Waals surface area contributed by atoms with Gasteiger partial charge in [0.05, 0.1) is 6.54 Å². The maximum absolute atomic E-state index is 10.0. The number of hydroxylamine groups is 2. The second-order valence-electron chi connectivity index (χ2n) is 1.17. The molecule has 0 saturated heterocycles. The van der Waals surface area contributed by atoms with Crippen LogP contribution in [0.3, 0.4) is 0 Å². The van der Waals surface area contributed by atoms with Crippen LogP contribution in [0.4, 0.5) is 0 Å². The minimum atomic E-state index is 0.333. The molecular formula is C3H5N2O. The summed E-state index contributed by atoms with van der Waals surface area (Å²) >= 11 is 0. The van der Waals surface area contributed by atoms with E-state index in [1.54, 1.807) is 6.21 Å². The second-order valence-corrected chi connectivity index (χ2v) is 1.17. The van der Waals surface area contributed by atoms with Crippen molar-refractivity contribution >= 4 is 6.21 Å². The van der Waals surface area contributed by atoms with Crippen LogP contribution in [0.15, 0.2) is 4.99 Å². The largest absolute Gasteiger partial charge is 0.278 e. The Labute approximate surface area is 35.9 Å². The van der Waals surface area contributed by atoms with E-state index < -0.39 is 0 Å². The van der Waals surface area contributed by atoms with Gasteiger partial charge in [0.1, 0.15) is 6.67 Å². The Morgan fingerprint density at radius 2 is 2.67 bits per heavy atom. The van der Waals surface area contributed by atoms with Crippen LogP contribution in [0, 0.1) is 0 Å². The van der Waals surface area contributed by atoms with Crippen molar-refractivity contribution in [3.05, 3.63) is 0 Å². The Kier molecular flexibility index (Phi) is 0.856. The van der Waals surface area contributed by atoms with E-state index in [4.69, 9.17) is 0 Å². The Bertz CT molecular complexity index is 63.2. The lowest BCUT2D eigenvalue weighted by Gasteiger charge is -1.92. The smallest absolute Gasteiger partial charge is 0.118 e. The van der Waals surface area contributed by atoms with E-state index >= 15 is 0 Å². The molecule has 3 heteroatoms. The van der Waals surface area contributed by atoms with Gasteiger partial charge in [-0.3, -0.25) is 4.99 Å². The van der Waals surface area contributed by atoms with Gasteiger partial charge < -0.3 is 0 Å². The molecule has 0 aromatic rings. The van der Waals surface area contributed by atoms with Gasteiger partial charge in [-0.1, -0.05) is 0 Å². The highest BCUT2D eigenvalue weighted by Gasteiger charge is 2.00. The highest BCUT2D eigenvalue weighted by molar-refractivity contribution is 5.60. The van der Waals surface area contributed by atoms with Crippen LogP contribution in [0.1, 0.15) is 0 Å². The quantitative estimate of drug-likeness (QED) is 0.397. The molecule has 0 spiro atoms. The molecule has 0 saturated carbocycles. The normalized spacial score (nSPS) is 22.8. The Hall–Kier alpha value is -0.410. The topological polar surface area (TPSA) is 35.5 Å². The fraction of sp³-hybridized carbons (Fsp3) is 0.667. The third-order valence-corrected chi connectivity index (χ3v) is 0.654. The third kappa shape index (κ3) is 0.555. The van der Waals surface area contributed by atoms with Crippen molar-refractivity contribution < 1.29 is 5.21 Å². The van der Waals surface area contributed by atoms with Crippen LogP contribution in [0.5, 0.6) is 0 Å². The molecule has 0 bridgehead atoms. The zero-order chi connectivity index (χ0) is 4.41. The molecule has 3 nitrogen and oxygen atoms in total. The highest BCUT2D eigenvalue weighted by atomic mass is 16.5. The van der Waals surface area contributed by atoms with Gasteiger partial charge in [-0.05, 0) is 0 Å². The predicted molar refractivity (Wildman–Crippen MR) is 20.8 cm³/mol. The van der Waals surface area contributed by atoms with Crippen LogP contribution in [0.25, 0.3) is 0 Å². The van der Waals surface area contributed by atoms with Gasteiger partial charge in [-0.2, -0.15) is 0 Å². The number of rotatable bonds is 0. The highest BCUT2D eigenvalue weighted by Crippen LogP contribution is 1.86. The van der Waals surface area contributed by atoms with Crippen LogP contribution in [0.2, 0.25) is 0 Å². The maximum Gasteiger partial charge on any atom is 0.118 e. The fourth-order valence-corrected chi connectivity index (χ4v) is 0.355. The summed E-state index contributed by atoms with van der Waals surface area (Å²) in [5.41, 5.74) is 0. The lowest BCUT2D eigenvalue weighted by Crippen LogP contribution is -2.11. The molecule has 0 aromatic heterocycles. The molecular weight excluding hydrogens is 80.0 g/mol. The van der Waals surface area contributed by atoms with Gasteiger partial charge in [-0.25, -0.2) is 0 Å². The molecule has 0 aromatic carbocycles. The Morgan fingerprint density at radius 1 is 1.83 bits per heavy atom. The van der Waals surface area contributed by atoms with Crippen LogP contribution >= 0.6 is 0 Å². The average Bonchev–Trinajstić information content (AvgIpc) is 1.86. The molecule has 0 unspecified atom stereocenters. The maximum atomic E-state index is 10.0. The first-order valence-corrected chi connectivity index (χ1v) is 1.80. The molecule has 33 valence electrons. The van der Waals surface area contributed by atoms with E-state index in [2.05, 4.69) is 4.99 Å². The SMILES string of the molecule is [O]N1CC=NC1. The molecule has 0 amide bonds. The fourth-order valence-electron chi connectivity index (χ4n) is 0.355. The van der Waals surface area contributed by atoms with Gasteiger partial charge >= 0.3 is 0 Å². The van der Waals surface area contributed by atoms with E-state index in [1.807, 2.05) is 0 Å². The Balaban J connectivity index is 2.32. The van der Waals surface area contributed by atoms with Gasteiger partial charge in [0.25, 0.3) is 0 Å². The Morgan fingerprint density at radius 3 is 2.83 bits per heavy atom. The van der Waals surface area contributed by atoms with Crippen molar-refractivity contribution in [2.24, 2.45) is 4.99 Å². The van der Waals surface area contributed by atoms with Gasteiger partial charge in [0.15, 0.2) is 0 Å². The number of nitrogens with zero attached hydrogens (tertiary/aromatic N) is 2. The monoisotopic (exact) mass is 85.0 g/mol. The van der Waals surface area contributed by atoms with E-state index in [0.29, 0.717) is 13.2 Å². The summed E-state index contributed by atoms with van der Waals surface area (Å²) < 4.78 is 0. The molecule has 1 aliphatic rings. The summed E-state index contributed by atoms with van der Waals surface area (Å²) in [7, 11) is 0. The summed E-state index contributed by atoms with van der Waals surface area (Å²) in [6.45, 7) is 0.806. The number of hydrogen-bond acceptors (Lipinski definition) is 2. The second kappa shape index (κ2) is 1.36. The van der Waals surface area contributed by atoms with Crippen molar-refractivity contribution in [3.8, 4) is 0 Å². The molecule has 0 N–H and O–H groups in total. The summed E-state index contributed by atoms with van der Waals surface area (Å²) in [5.74, 6) is 0. The first kappa shape index (κ1) is 3.77. The third-order valence-electron chi connectivity index (χ3n) is 0.654. The number of hydrogen-bond donors (Lipinski definition) is 0. The van der Waals surface area contributed by atoms with E-state index in [1.165, 1.54) is 0 Å². The van der Waals surface area contributed by atoms with Crippen LogP contribution in [-0.2, 0) is 5.21 Å². The average molecular weight is 85.1 g/mol. The van der Waals surface area contributed by atoms with Gasteiger partial charge in [-0.15, -0.1) is 10.3 Å². The lowest BCUT2D eigenvalue weighted by molar-refractivity contribution is -0.135. The summed E-state index contributed by atoms with van der Waals surface area (Å²) in [6, 6.07) is 0. The van der Waals surface area contributed by atoms with E-state index in [-0.39, 0.29) is 0 Å². The van der Waals surface area contributed by atoms with Crippen LogP contribution in [-0.4, -0.2) is 24.5 Å². The van der Waals surface area contributed by atoms with Crippen molar-refractivity contribution in [2.75, 3.05) is 13.2 Å². The van der Waals surface area contributed by atoms with Crippen molar-refractivity contribution in [2.45, 2.75) is 0 Å². The molecule has 1 rings (SSSR count). The first-order chi connectivity index (χ1) is 2.89. The molecule has 1 heterocycles. The molecule has 0 atom stereocenters. The minimum Gasteiger partial charge on any atom is -0.278 e. The standard InChI is InChI=1S/C3H5N2O/c6-5-2-1-4-3-5/h1H,2-3H2. The van der Waals surface area contributed by atoms with Gasteiger partial charge in [0, 0.05) is 6.21 Å². The van der Waals surface area contributed by atoms with Crippen molar-refractivity contribution in [3.63, 3.8) is 0 Å². The van der Waals surface area contributed by atoms with E-state index in [9.17, 15) is 5.21 Å². The zero-order valence-corrected chi connectivity index (χ0v) is 3.29. The molecule has 0 aliphatic carbocycles. The predicted octanol–water partition coefficient (Wildman–Crippen LogP) is -0.324. The molecule has 1 aliphatic heterocycles.